The molecule has 0 saturated heterocycles. The van der Waals surface area contributed by atoms with E-state index in [0.29, 0.717) is 11.5 Å². The van der Waals surface area contributed by atoms with Gasteiger partial charge in [-0.05, 0) is 49.0 Å². The van der Waals surface area contributed by atoms with Crippen molar-refractivity contribution >= 4 is 28.1 Å². The minimum atomic E-state index is -0.224. The van der Waals surface area contributed by atoms with Crippen molar-refractivity contribution in [3.8, 4) is 0 Å². The van der Waals surface area contributed by atoms with Crippen LogP contribution in [-0.2, 0) is 7.05 Å². The summed E-state index contributed by atoms with van der Waals surface area (Å²) in [6, 6.07) is 7.43. The van der Waals surface area contributed by atoms with E-state index >= 15 is 0 Å². The Morgan fingerprint density at radius 2 is 2.04 bits per heavy atom. The van der Waals surface area contributed by atoms with Gasteiger partial charge in [-0.1, -0.05) is 12.1 Å². The van der Waals surface area contributed by atoms with Crippen molar-refractivity contribution in [3.63, 3.8) is 0 Å². The third-order valence-electron chi connectivity index (χ3n) is 4.91. The Labute approximate surface area is 146 Å². The van der Waals surface area contributed by atoms with Gasteiger partial charge in [0.15, 0.2) is 0 Å². The van der Waals surface area contributed by atoms with Crippen LogP contribution in [0.3, 0.4) is 0 Å². The second kappa shape index (κ2) is 6.31. The molecule has 1 aliphatic rings. The number of pyridine rings is 1. The summed E-state index contributed by atoms with van der Waals surface area (Å²) in [6.07, 6.45) is 10.3. The largest absolute Gasteiger partial charge is 0.334 e. The number of hydrogen-bond acceptors (Lipinski definition) is 3. The molecule has 3 aromatic rings. The molecule has 0 atom stereocenters. The maximum Gasteiger partial charge on any atom is 0.147 e. The van der Waals surface area contributed by atoms with E-state index in [9.17, 15) is 4.39 Å². The number of aromatic nitrogens is 3. The van der Waals surface area contributed by atoms with Gasteiger partial charge in [0.25, 0.3) is 0 Å². The number of imidazole rings is 1. The number of hydrogen-bond donors (Lipinski definition) is 0. The molecule has 0 fully saturated rings. The Kier molecular flexibility index (Phi) is 3.99. The molecule has 128 valence electrons. The summed E-state index contributed by atoms with van der Waals surface area (Å²) in [5.74, 6) is 0.470. The molecule has 5 heteroatoms. The molecule has 0 radical (unpaired) electrons. The molecular weight excluding hydrogens is 315 g/mol. The predicted molar refractivity (Wildman–Crippen MR) is 99.4 cm³/mol. The minimum absolute atomic E-state index is 0.224. The summed E-state index contributed by atoms with van der Waals surface area (Å²) in [4.78, 5) is 10.5. The van der Waals surface area contributed by atoms with E-state index in [0.717, 1.165) is 29.4 Å². The Bertz CT molecular complexity index is 957. The van der Waals surface area contributed by atoms with Crippen molar-refractivity contribution in [3.05, 3.63) is 54.2 Å². The van der Waals surface area contributed by atoms with Crippen molar-refractivity contribution in [2.24, 2.45) is 7.05 Å². The van der Waals surface area contributed by atoms with E-state index < -0.39 is 0 Å². The lowest BCUT2D eigenvalue weighted by Gasteiger charge is -2.20. The highest BCUT2D eigenvalue weighted by Crippen LogP contribution is 2.32. The van der Waals surface area contributed by atoms with Gasteiger partial charge >= 0.3 is 0 Å². The summed E-state index contributed by atoms with van der Waals surface area (Å²) >= 11 is 0. The van der Waals surface area contributed by atoms with Crippen molar-refractivity contribution in [2.75, 3.05) is 11.9 Å². The molecule has 4 nitrogen and oxygen atoms in total. The zero-order valence-electron chi connectivity index (χ0n) is 14.5. The van der Waals surface area contributed by atoms with Crippen LogP contribution in [0.2, 0.25) is 0 Å². The Balaban J connectivity index is 1.67. The molecule has 0 spiro atoms. The Morgan fingerprint density at radius 1 is 1.16 bits per heavy atom. The van der Waals surface area contributed by atoms with Gasteiger partial charge < -0.3 is 9.47 Å². The number of rotatable bonds is 3. The SMILES string of the molecule is CN(c1cc2c(cn1)ncn2C)c1ccc(C2=CCCCC2)cc1F. The molecule has 25 heavy (non-hydrogen) atoms. The fourth-order valence-electron chi connectivity index (χ4n) is 3.41. The van der Waals surface area contributed by atoms with E-state index in [4.69, 9.17) is 0 Å². The highest BCUT2D eigenvalue weighted by molar-refractivity contribution is 5.79. The fourth-order valence-corrected chi connectivity index (χ4v) is 3.41. The van der Waals surface area contributed by atoms with Gasteiger partial charge in [0.1, 0.15) is 17.2 Å². The number of benzene rings is 1. The molecule has 0 bridgehead atoms. The average molecular weight is 336 g/mol. The molecule has 2 aromatic heterocycles. The first-order valence-electron chi connectivity index (χ1n) is 8.63. The predicted octanol–water partition coefficient (Wildman–Crippen LogP) is 4.83. The van der Waals surface area contributed by atoms with Crippen LogP contribution in [0.15, 0.2) is 42.9 Å². The lowest BCUT2D eigenvalue weighted by atomic mass is 9.93. The number of nitrogens with zero attached hydrogens (tertiary/aromatic N) is 4. The van der Waals surface area contributed by atoms with Gasteiger partial charge in [-0.15, -0.1) is 0 Å². The van der Waals surface area contributed by atoms with E-state index in [1.807, 2.05) is 36.9 Å². The summed E-state index contributed by atoms with van der Waals surface area (Å²) < 4.78 is 16.7. The van der Waals surface area contributed by atoms with Gasteiger partial charge in [0.05, 0.1) is 23.7 Å². The molecule has 4 rings (SSSR count). The molecular formula is C20H21FN4. The monoisotopic (exact) mass is 336 g/mol. The average Bonchev–Trinajstić information content (AvgIpc) is 3.02. The summed E-state index contributed by atoms with van der Waals surface area (Å²) in [7, 11) is 3.77. The Morgan fingerprint density at radius 3 is 2.80 bits per heavy atom. The molecule has 0 unspecified atom stereocenters. The van der Waals surface area contributed by atoms with Crippen LogP contribution in [0.25, 0.3) is 16.6 Å². The van der Waals surface area contributed by atoms with Crippen LogP contribution in [0, 0.1) is 5.82 Å². The van der Waals surface area contributed by atoms with Gasteiger partial charge in [-0.2, -0.15) is 0 Å². The van der Waals surface area contributed by atoms with E-state index in [2.05, 4.69) is 16.0 Å². The van der Waals surface area contributed by atoms with Gasteiger partial charge in [-0.3, -0.25) is 0 Å². The van der Waals surface area contributed by atoms with Crippen molar-refractivity contribution < 1.29 is 4.39 Å². The van der Waals surface area contributed by atoms with Gasteiger partial charge in [0, 0.05) is 20.2 Å². The highest BCUT2D eigenvalue weighted by atomic mass is 19.1. The van der Waals surface area contributed by atoms with Crippen LogP contribution < -0.4 is 4.90 Å². The normalized spacial score (nSPS) is 14.6. The topological polar surface area (TPSA) is 34.0 Å². The standard InChI is InChI=1S/C20H21FN4/c1-24-13-23-17-12-22-20(11-19(17)24)25(2)18-9-8-15(10-16(18)21)14-6-4-3-5-7-14/h6,8-13H,3-5,7H2,1-2H3. The van der Waals surface area contributed by atoms with Crippen LogP contribution >= 0.6 is 0 Å². The highest BCUT2D eigenvalue weighted by Gasteiger charge is 2.15. The molecule has 0 amide bonds. The quantitative estimate of drug-likeness (QED) is 0.687. The molecule has 2 heterocycles. The van der Waals surface area contributed by atoms with Crippen molar-refractivity contribution in [1.29, 1.82) is 0 Å². The first-order chi connectivity index (χ1) is 12.1. The van der Waals surface area contributed by atoms with Crippen molar-refractivity contribution in [2.45, 2.75) is 25.7 Å². The first-order valence-corrected chi connectivity index (χ1v) is 8.63. The number of allylic oxidation sites excluding steroid dienone is 2. The number of aryl methyl sites for hydroxylation is 1. The maximum absolute atomic E-state index is 14.8. The second-order valence-corrected chi connectivity index (χ2v) is 6.59. The van der Waals surface area contributed by atoms with Crippen LogP contribution in [0.5, 0.6) is 0 Å². The zero-order valence-corrected chi connectivity index (χ0v) is 14.5. The molecule has 0 N–H and O–H groups in total. The second-order valence-electron chi connectivity index (χ2n) is 6.59. The molecule has 0 saturated carbocycles. The first kappa shape index (κ1) is 15.8. The number of anilines is 2. The van der Waals surface area contributed by atoms with Crippen LogP contribution in [0.4, 0.5) is 15.9 Å². The minimum Gasteiger partial charge on any atom is -0.334 e. The van der Waals surface area contributed by atoms with E-state index in [-0.39, 0.29) is 5.82 Å². The number of fused-ring (bicyclic) bond motifs is 1. The van der Waals surface area contributed by atoms with Crippen LogP contribution in [0.1, 0.15) is 31.2 Å². The third-order valence-corrected chi connectivity index (χ3v) is 4.91. The maximum atomic E-state index is 14.8. The van der Waals surface area contributed by atoms with Gasteiger partial charge in [0.2, 0.25) is 0 Å². The van der Waals surface area contributed by atoms with E-state index in [1.165, 1.54) is 18.4 Å². The molecule has 1 aromatic carbocycles. The smallest absolute Gasteiger partial charge is 0.147 e. The van der Waals surface area contributed by atoms with Crippen LogP contribution in [-0.4, -0.2) is 21.6 Å². The zero-order chi connectivity index (χ0) is 17.4. The lowest BCUT2D eigenvalue weighted by Crippen LogP contribution is -2.13. The third kappa shape index (κ3) is 2.90. The van der Waals surface area contributed by atoms with Gasteiger partial charge in [-0.25, -0.2) is 14.4 Å². The summed E-state index contributed by atoms with van der Waals surface area (Å²) in [6.45, 7) is 0. The molecule has 0 aliphatic heterocycles. The summed E-state index contributed by atoms with van der Waals surface area (Å²) in [5.41, 5.74) is 4.58. The lowest BCUT2D eigenvalue weighted by molar-refractivity contribution is 0.626. The summed E-state index contributed by atoms with van der Waals surface area (Å²) in [5, 5.41) is 0. The number of halogens is 1. The van der Waals surface area contributed by atoms with E-state index in [1.54, 1.807) is 23.5 Å². The Hall–Kier alpha value is -2.69. The molecule has 1 aliphatic carbocycles. The van der Waals surface area contributed by atoms with Crippen molar-refractivity contribution in [1.82, 2.24) is 14.5 Å². The fraction of sp³-hybridized carbons (Fsp3) is 0.300.